The van der Waals surface area contributed by atoms with Crippen molar-refractivity contribution < 1.29 is 25.6 Å². The smallest absolute Gasteiger partial charge is 0.0774 e. The van der Waals surface area contributed by atoms with Crippen LogP contribution < -0.4 is 4.40 Å². The van der Waals surface area contributed by atoms with Gasteiger partial charge in [0, 0.05) is 35.9 Å². The van der Waals surface area contributed by atoms with Crippen molar-refractivity contribution in [3.05, 3.63) is 193 Å². The summed E-state index contributed by atoms with van der Waals surface area (Å²) < 4.78 is 36.9. The summed E-state index contributed by atoms with van der Waals surface area (Å²) in [5, 5.41) is 2.52. The molecule has 6 heteroatoms. The molecule has 10 aromatic rings. The summed E-state index contributed by atoms with van der Waals surface area (Å²) in [6.07, 6.45) is 1.91. The molecule has 1 radical (unpaired) electrons. The molecule has 61 heavy (non-hydrogen) atoms. The number of aromatic nitrogens is 3. The Kier molecular flexibility index (Phi) is 11.0. The van der Waals surface area contributed by atoms with Crippen LogP contribution >= 0.6 is 11.3 Å². The van der Waals surface area contributed by atoms with Gasteiger partial charge in [-0.1, -0.05) is 120 Å². The van der Waals surface area contributed by atoms with Crippen molar-refractivity contribution in [2.75, 3.05) is 0 Å². The Hall–Kier alpha value is -5.43. The first-order valence-corrected chi connectivity index (χ1v) is 28.4. The average molecular weight is 1050 g/mol. The molecule has 0 aliphatic carbocycles. The fraction of sp³-hybridized carbons (Fsp3) is 0.127. The van der Waals surface area contributed by atoms with Gasteiger partial charge in [0.05, 0.1) is 22.5 Å². The van der Waals surface area contributed by atoms with Gasteiger partial charge in [-0.3, -0.25) is 4.98 Å². The number of thiophene rings is 1. The molecule has 3 heterocycles. The Morgan fingerprint density at radius 3 is 2.05 bits per heavy atom. The van der Waals surface area contributed by atoms with Crippen LogP contribution in [-0.4, -0.2) is 27.8 Å². The predicted octanol–water partition coefficient (Wildman–Crippen LogP) is 14.7. The second-order valence-corrected chi connectivity index (χ2v) is 27.9. The first kappa shape index (κ1) is 37.3. The van der Waals surface area contributed by atoms with Crippen molar-refractivity contribution in [2.45, 2.75) is 43.9 Å². The van der Waals surface area contributed by atoms with Gasteiger partial charge < -0.3 is 4.57 Å². The zero-order valence-corrected chi connectivity index (χ0v) is 40.1. The summed E-state index contributed by atoms with van der Waals surface area (Å²) in [6, 6.07) is 62.6. The number of aryl methyl sites for hydroxylation is 1. The van der Waals surface area contributed by atoms with Crippen molar-refractivity contribution >= 4 is 60.2 Å². The van der Waals surface area contributed by atoms with Gasteiger partial charge in [0.1, 0.15) is 0 Å². The summed E-state index contributed by atoms with van der Waals surface area (Å²) in [7, 11) is 0. The molecule has 0 atom stereocenters. The Morgan fingerprint density at radius 1 is 0.721 bits per heavy atom. The molecule has 10 rings (SSSR count). The van der Waals surface area contributed by atoms with Crippen LogP contribution in [0.1, 0.15) is 36.4 Å². The standard InChI is InChI=1S/C37H23N2S.C18H24GeN.Ir/c1-3-13-25(14-4-1)27-18-11-19-28(26-15-5-2-6-16-26)35(27)39-33-23-9-8-22-32(33)38-37(39)31-21-12-20-30-29-17-7-10-24-34(29)40-36(30)31;1-13(2)16-11-18(15-9-7-14(3)8-10-15)20-12-17(16)19(4,5)6;/h1-20,22-24H;7-9,11-13H,1-6H3;/q2*-1;/i;3D3,13D;. The van der Waals surface area contributed by atoms with Crippen molar-refractivity contribution in [1.29, 1.82) is 0 Å². The van der Waals surface area contributed by atoms with Crippen LogP contribution in [0.3, 0.4) is 0 Å². The fourth-order valence-electron chi connectivity index (χ4n) is 7.96. The minimum atomic E-state index is -2.14. The van der Waals surface area contributed by atoms with E-state index in [1.807, 2.05) is 43.5 Å². The summed E-state index contributed by atoms with van der Waals surface area (Å²) in [6.45, 7) is 1.66. The van der Waals surface area contributed by atoms with E-state index in [1.54, 1.807) is 12.1 Å². The summed E-state index contributed by atoms with van der Waals surface area (Å²) >= 11 is -0.327. The third-order valence-electron chi connectivity index (χ3n) is 10.9. The molecule has 0 saturated heterocycles. The number of para-hydroxylation sites is 3. The van der Waals surface area contributed by atoms with Gasteiger partial charge in [0.2, 0.25) is 0 Å². The van der Waals surface area contributed by atoms with Gasteiger partial charge in [0.25, 0.3) is 0 Å². The van der Waals surface area contributed by atoms with Crippen LogP contribution in [0.4, 0.5) is 0 Å². The van der Waals surface area contributed by atoms with E-state index in [0.717, 1.165) is 56.1 Å². The predicted molar refractivity (Wildman–Crippen MR) is 259 cm³/mol. The Balaban J connectivity index is 0.000000199. The molecule has 0 N–H and O–H groups in total. The number of fused-ring (bicyclic) bond motifs is 4. The maximum absolute atomic E-state index is 8.49. The molecular formula is C55H47GeIrN3S-2. The van der Waals surface area contributed by atoms with Crippen LogP contribution in [0.25, 0.3) is 81.8 Å². The molecule has 0 bridgehead atoms. The number of pyridine rings is 1. The van der Waals surface area contributed by atoms with Crippen molar-refractivity contribution in [3.63, 3.8) is 0 Å². The Labute approximate surface area is 385 Å². The van der Waals surface area contributed by atoms with E-state index in [0.29, 0.717) is 0 Å². The number of hydrogen-bond donors (Lipinski definition) is 0. The van der Waals surface area contributed by atoms with Crippen molar-refractivity contribution in [3.8, 4) is 50.6 Å². The molecule has 0 amide bonds. The van der Waals surface area contributed by atoms with E-state index >= 15 is 0 Å². The largest absolute Gasteiger partial charge is 0.332 e. The topological polar surface area (TPSA) is 30.7 Å². The average Bonchev–Trinajstić information content (AvgIpc) is 3.87. The van der Waals surface area contributed by atoms with Crippen LogP contribution in [0.2, 0.25) is 17.3 Å². The summed E-state index contributed by atoms with van der Waals surface area (Å²) in [5.74, 6) is 7.08. The minimum absolute atomic E-state index is 0. The number of rotatable bonds is 7. The normalized spacial score (nSPS) is 12.8. The maximum atomic E-state index is 8.49. The molecule has 303 valence electrons. The first-order chi connectivity index (χ1) is 30.7. The van der Waals surface area contributed by atoms with Crippen LogP contribution in [0.15, 0.2) is 170 Å². The maximum Gasteiger partial charge on any atom is 0.0774 e. The van der Waals surface area contributed by atoms with Gasteiger partial charge in [0.15, 0.2) is 0 Å². The fourth-order valence-corrected chi connectivity index (χ4v) is 12.5. The van der Waals surface area contributed by atoms with E-state index in [9.17, 15) is 0 Å². The van der Waals surface area contributed by atoms with E-state index < -0.39 is 26.0 Å². The summed E-state index contributed by atoms with van der Waals surface area (Å²) in [4.78, 5) is 9.86. The number of hydrogen-bond acceptors (Lipinski definition) is 3. The molecule has 3 aromatic heterocycles. The van der Waals surface area contributed by atoms with E-state index in [4.69, 9.17) is 10.5 Å². The quantitative estimate of drug-likeness (QED) is 0.118. The molecule has 0 unspecified atom stereocenters. The molecule has 0 fully saturated rings. The van der Waals surface area contributed by atoms with Crippen LogP contribution in [-0.2, 0) is 20.1 Å². The van der Waals surface area contributed by atoms with Crippen LogP contribution in [0, 0.1) is 19.0 Å². The van der Waals surface area contributed by atoms with Gasteiger partial charge in [-0.15, -0.1) is 18.2 Å². The SMILES string of the molecule is [2H]C([2H])([2H])c1c[c-]c(-c2cc(C([2H])(C)C)[c]([Ge]([CH3])([CH3])[CH3])cn2)cc1.[Ir].[c-]1ccc2c(sc3ccccc32)c1-c1nc2ccccc2n1-c1c(-c2ccccc2)cccc1-c1ccccc1. The second kappa shape index (κ2) is 17.9. The molecule has 0 saturated carbocycles. The van der Waals surface area contributed by atoms with Gasteiger partial charge >= 0.3 is 131 Å². The third-order valence-corrected chi connectivity index (χ3v) is 16.3. The molecule has 0 aliphatic rings. The molecule has 0 spiro atoms. The monoisotopic (exact) mass is 1050 g/mol. The zero-order valence-electron chi connectivity index (χ0n) is 38.7. The summed E-state index contributed by atoms with van der Waals surface area (Å²) in [5.41, 5.74) is 11.6. The number of nitrogens with zero attached hydrogens (tertiary/aromatic N) is 3. The molecular weight excluding hydrogens is 1000 g/mol. The number of imidazole rings is 1. The Bertz CT molecular complexity index is 3220. The van der Waals surface area contributed by atoms with E-state index in [-0.39, 0.29) is 25.7 Å². The number of benzene rings is 7. The third kappa shape index (κ3) is 8.45. The molecule has 0 aliphatic heterocycles. The molecule has 7 aromatic carbocycles. The second-order valence-electron chi connectivity index (χ2n) is 16.2. The first-order valence-electron chi connectivity index (χ1n) is 22.2. The van der Waals surface area contributed by atoms with Gasteiger partial charge in [-0.05, 0) is 39.4 Å². The van der Waals surface area contributed by atoms with E-state index in [2.05, 4.69) is 172 Å². The minimum Gasteiger partial charge on any atom is -0.332 e. The van der Waals surface area contributed by atoms with Gasteiger partial charge in [-0.2, -0.15) is 11.3 Å². The van der Waals surface area contributed by atoms with Crippen molar-refractivity contribution in [1.82, 2.24) is 14.5 Å². The van der Waals surface area contributed by atoms with Crippen LogP contribution in [0.5, 0.6) is 0 Å². The van der Waals surface area contributed by atoms with Crippen molar-refractivity contribution in [2.24, 2.45) is 0 Å². The molecule has 3 nitrogen and oxygen atoms in total. The zero-order chi connectivity index (χ0) is 44.8. The van der Waals surface area contributed by atoms with E-state index in [1.165, 1.54) is 41.8 Å². The Morgan fingerprint density at radius 2 is 1.39 bits per heavy atom. The van der Waals surface area contributed by atoms with Gasteiger partial charge in [-0.25, -0.2) is 0 Å².